The van der Waals surface area contributed by atoms with Crippen LogP contribution in [0.3, 0.4) is 0 Å². The van der Waals surface area contributed by atoms with Crippen LogP contribution in [0.15, 0.2) is 41.3 Å². The van der Waals surface area contributed by atoms with E-state index in [-0.39, 0.29) is 21.8 Å². The van der Waals surface area contributed by atoms with Crippen LogP contribution in [0.2, 0.25) is 5.02 Å². The Morgan fingerprint density at radius 2 is 1.79 bits per heavy atom. The van der Waals surface area contributed by atoms with Crippen LogP contribution in [0, 0.1) is 10.1 Å². The lowest BCUT2D eigenvalue weighted by Gasteiger charge is -2.17. The number of nitrogens with two attached hydrogens (primary N) is 2. The summed E-state index contributed by atoms with van der Waals surface area (Å²) < 4.78 is 27.6. The fourth-order valence-electron chi connectivity index (χ4n) is 2.22. The van der Waals surface area contributed by atoms with Crippen molar-refractivity contribution in [2.75, 3.05) is 12.1 Å². The SMILES string of the molecule is COC(=O)c1ccc(N(N)C(=O)c2ccc(Cl)c(S(N)(=O)=O)c2)c([N+](=O)[O-])c1. The molecule has 28 heavy (non-hydrogen) atoms. The van der Waals surface area contributed by atoms with Gasteiger partial charge in [-0.3, -0.25) is 14.9 Å². The Bertz CT molecular complexity index is 1090. The van der Waals surface area contributed by atoms with Gasteiger partial charge < -0.3 is 4.74 Å². The van der Waals surface area contributed by atoms with Gasteiger partial charge in [-0.15, -0.1) is 0 Å². The Hall–Kier alpha value is -3.06. The molecule has 2 aromatic carbocycles. The highest BCUT2D eigenvalue weighted by Gasteiger charge is 2.26. The number of hydrogen-bond donors (Lipinski definition) is 2. The molecule has 0 bridgehead atoms. The molecule has 2 aromatic rings. The number of amides is 1. The van der Waals surface area contributed by atoms with Crippen LogP contribution < -0.4 is 16.0 Å². The fourth-order valence-corrected chi connectivity index (χ4v) is 3.29. The van der Waals surface area contributed by atoms with Crippen molar-refractivity contribution < 1.29 is 27.7 Å². The number of benzene rings is 2. The Kier molecular flexibility index (Phi) is 5.99. The van der Waals surface area contributed by atoms with Crippen LogP contribution in [0.4, 0.5) is 11.4 Å². The highest BCUT2D eigenvalue weighted by Crippen LogP contribution is 2.30. The van der Waals surface area contributed by atoms with Crippen LogP contribution in [0.25, 0.3) is 0 Å². The van der Waals surface area contributed by atoms with E-state index in [1.165, 1.54) is 12.1 Å². The summed E-state index contributed by atoms with van der Waals surface area (Å²) >= 11 is 5.76. The molecule has 11 nitrogen and oxygen atoms in total. The maximum atomic E-state index is 12.6. The minimum atomic E-state index is -4.22. The van der Waals surface area contributed by atoms with Crippen molar-refractivity contribution >= 4 is 44.9 Å². The standard InChI is InChI=1S/C15H13ClN4O7S/c1-27-15(22)9-3-5-11(12(6-9)20(23)24)19(17)14(21)8-2-4-10(16)13(7-8)28(18,25)26/h2-7H,17H2,1H3,(H2,18,25,26). The summed E-state index contributed by atoms with van der Waals surface area (Å²) in [5, 5.41) is 16.6. The van der Waals surface area contributed by atoms with Gasteiger partial charge in [-0.1, -0.05) is 11.6 Å². The topological polar surface area (TPSA) is 176 Å². The number of esters is 1. The molecule has 0 atom stereocenters. The van der Waals surface area contributed by atoms with E-state index in [0.29, 0.717) is 5.01 Å². The lowest BCUT2D eigenvalue weighted by atomic mass is 10.1. The first-order valence-electron chi connectivity index (χ1n) is 7.25. The number of rotatable bonds is 5. The van der Waals surface area contributed by atoms with E-state index < -0.39 is 37.4 Å². The summed E-state index contributed by atoms with van der Waals surface area (Å²) in [6, 6.07) is 6.35. The van der Waals surface area contributed by atoms with E-state index in [9.17, 15) is 28.1 Å². The minimum absolute atomic E-state index is 0.123. The molecule has 0 aromatic heterocycles. The van der Waals surface area contributed by atoms with Crippen LogP contribution in [-0.2, 0) is 14.8 Å². The maximum absolute atomic E-state index is 12.6. The van der Waals surface area contributed by atoms with Crippen LogP contribution in [-0.4, -0.2) is 32.3 Å². The maximum Gasteiger partial charge on any atom is 0.338 e. The first-order chi connectivity index (χ1) is 13.0. The third-order valence-corrected chi connectivity index (χ3v) is 4.95. The number of nitrogens with zero attached hydrogens (tertiary/aromatic N) is 2. The van der Waals surface area contributed by atoms with E-state index in [4.69, 9.17) is 22.6 Å². The van der Waals surface area contributed by atoms with Crippen molar-refractivity contribution in [2.45, 2.75) is 4.90 Å². The lowest BCUT2D eigenvalue weighted by molar-refractivity contribution is -0.384. The number of nitro groups is 1. The van der Waals surface area contributed by atoms with E-state index in [2.05, 4.69) is 4.74 Å². The first kappa shape index (κ1) is 21.2. The summed E-state index contributed by atoms with van der Waals surface area (Å²) in [6.45, 7) is 0. The summed E-state index contributed by atoms with van der Waals surface area (Å²) in [5.41, 5.74) is -1.33. The number of hydrogen-bond acceptors (Lipinski definition) is 8. The number of nitro benzene ring substituents is 1. The Labute approximate surface area is 163 Å². The van der Waals surface area contributed by atoms with Crippen molar-refractivity contribution in [3.63, 3.8) is 0 Å². The number of hydrazine groups is 1. The zero-order valence-corrected chi connectivity index (χ0v) is 15.7. The molecule has 0 aliphatic carbocycles. The number of anilines is 1. The summed E-state index contributed by atoms with van der Waals surface area (Å²) in [4.78, 5) is 34.1. The molecular formula is C15H13ClN4O7S. The molecule has 0 saturated carbocycles. The molecule has 0 fully saturated rings. The Morgan fingerprint density at radius 1 is 1.18 bits per heavy atom. The van der Waals surface area contributed by atoms with Crippen LogP contribution in [0.1, 0.15) is 20.7 Å². The normalized spacial score (nSPS) is 11.0. The van der Waals surface area contributed by atoms with Crippen molar-refractivity contribution in [3.8, 4) is 0 Å². The quantitative estimate of drug-likeness (QED) is 0.234. The molecule has 0 aliphatic rings. The lowest BCUT2D eigenvalue weighted by Crippen LogP contribution is -2.38. The molecule has 148 valence electrons. The second-order valence-electron chi connectivity index (χ2n) is 5.32. The van der Waals surface area contributed by atoms with Gasteiger partial charge in [0, 0.05) is 11.6 Å². The van der Waals surface area contributed by atoms with Gasteiger partial charge in [0.1, 0.15) is 10.6 Å². The number of carbonyl (C=O) groups excluding carboxylic acids is 2. The van der Waals surface area contributed by atoms with Gasteiger partial charge >= 0.3 is 5.97 Å². The molecule has 0 heterocycles. The second-order valence-corrected chi connectivity index (χ2v) is 7.25. The van der Waals surface area contributed by atoms with Gasteiger partial charge in [-0.25, -0.2) is 29.2 Å². The molecule has 1 amide bonds. The Morgan fingerprint density at radius 3 is 2.32 bits per heavy atom. The monoisotopic (exact) mass is 428 g/mol. The number of halogens is 1. The second kappa shape index (κ2) is 7.90. The average Bonchev–Trinajstić information content (AvgIpc) is 2.65. The minimum Gasteiger partial charge on any atom is -0.465 e. The molecular weight excluding hydrogens is 416 g/mol. The summed E-state index contributed by atoms with van der Waals surface area (Å²) in [7, 11) is -3.12. The number of methoxy groups -OCH3 is 1. The van der Waals surface area contributed by atoms with E-state index >= 15 is 0 Å². The highest BCUT2D eigenvalue weighted by molar-refractivity contribution is 7.89. The molecule has 13 heteroatoms. The van der Waals surface area contributed by atoms with Gasteiger partial charge in [-0.2, -0.15) is 0 Å². The molecule has 0 unspecified atom stereocenters. The number of primary sulfonamides is 1. The van der Waals surface area contributed by atoms with E-state index in [1.54, 1.807) is 0 Å². The van der Waals surface area contributed by atoms with Gasteiger partial charge in [0.05, 0.1) is 22.6 Å². The van der Waals surface area contributed by atoms with Gasteiger partial charge in [0.25, 0.3) is 11.6 Å². The van der Waals surface area contributed by atoms with Gasteiger partial charge in [0.2, 0.25) is 10.0 Å². The molecule has 0 spiro atoms. The molecule has 0 radical (unpaired) electrons. The zero-order chi connectivity index (χ0) is 21.2. The number of ether oxygens (including phenoxy) is 1. The fraction of sp³-hybridized carbons (Fsp3) is 0.0667. The predicted molar refractivity (Wildman–Crippen MR) is 98.3 cm³/mol. The largest absolute Gasteiger partial charge is 0.465 e. The van der Waals surface area contributed by atoms with Crippen molar-refractivity contribution in [2.24, 2.45) is 11.0 Å². The number of carbonyl (C=O) groups is 2. The molecule has 0 saturated heterocycles. The van der Waals surface area contributed by atoms with Gasteiger partial charge in [0.15, 0.2) is 0 Å². The first-order valence-corrected chi connectivity index (χ1v) is 9.18. The van der Waals surface area contributed by atoms with Crippen molar-refractivity contribution in [1.29, 1.82) is 0 Å². The molecule has 2 rings (SSSR count). The van der Waals surface area contributed by atoms with Gasteiger partial charge in [-0.05, 0) is 30.3 Å². The molecule has 0 aliphatic heterocycles. The highest BCUT2D eigenvalue weighted by atomic mass is 35.5. The average molecular weight is 429 g/mol. The van der Waals surface area contributed by atoms with Crippen LogP contribution in [0.5, 0.6) is 0 Å². The third-order valence-electron chi connectivity index (χ3n) is 3.56. The van der Waals surface area contributed by atoms with E-state index in [0.717, 1.165) is 31.4 Å². The summed E-state index contributed by atoms with van der Waals surface area (Å²) in [5.74, 6) is 3.92. The number of sulfonamides is 1. The Balaban J connectivity index is 2.51. The smallest absolute Gasteiger partial charge is 0.338 e. The third kappa shape index (κ3) is 4.26. The predicted octanol–water partition coefficient (Wildman–Crippen LogP) is 1.20. The zero-order valence-electron chi connectivity index (χ0n) is 14.2. The molecule has 4 N–H and O–H groups in total. The van der Waals surface area contributed by atoms with Crippen molar-refractivity contribution in [1.82, 2.24) is 0 Å². The van der Waals surface area contributed by atoms with Crippen LogP contribution >= 0.6 is 11.6 Å². The summed E-state index contributed by atoms with van der Waals surface area (Å²) in [6.07, 6.45) is 0. The van der Waals surface area contributed by atoms with Crippen molar-refractivity contribution in [3.05, 3.63) is 62.7 Å². The van der Waals surface area contributed by atoms with E-state index in [1.807, 2.05) is 0 Å².